The number of benzene rings is 1. The number of carbonyl (C=O) groups excluding carboxylic acids is 1. The molecule has 1 heterocycles. The summed E-state index contributed by atoms with van der Waals surface area (Å²) in [5.41, 5.74) is -1.96. The molecular weight excluding hydrogens is 286 g/mol. The summed E-state index contributed by atoms with van der Waals surface area (Å²) in [6, 6.07) is 1.36. The van der Waals surface area contributed by atoms with E-state index in [0.717, 1.165) is 0 Å². The highest BCUT2D eigenvalue weighted by molar-refractivity contribution is 5.91. The van der Waals surface area contributed by atoms with Crippen LogP contribution < -0.4 is 0 Å². The Balaban J connectivity index is 2.19. The van der Waals surface area contributed by atoms with E-state index in [-0.39, 0.29) is 0 Å². The maximum absolute atomic E-state index is 13.9. The molecule has 1 aromatic rings. The van der Waals surface area contributed by atoms with Crippen molar-refractivity contribution < 1.29 is 23.2 Å². The number of ether oxygens (including phenoxy) is 1. The highest BCUT2D eigenvalue weighted by atomic mass is 19.1. The van der Waals surface area contributed by atoms with Crippen molar-refractivity contribution in [2.45, 2.75) is 18.9 Å². The molecule has 1 fully saturated rings. The Bertz CT molecular complexity index is 572. The second-order valence-corrected chi connectivity index (χ2v) is 4.92. The number of nitrogens with zero attached hydrogens (tertiary/aromatic N) is 2. The molecule has 1 saturated heterocycles. The Hall–Kier alpha value is -2.09. The first kappa shape index (κ1) is 15.3. The fourth-order valence-electron chi connectivity index (χ4n) is 2.18. The summed E-state index contributed by atoms with van der Waals surface area (Å²) in [5.74, 6) is -3.88. The summed E-state index contributed by atoms with van der Waals surface area (Å²) in [7, 11) is 1.91. The van der Waals surface area contributed by atoms with Gasteiger partial charge in [0.05, 0.1) is 4.92 Å². The fourth-order valence-corrected chi connectivity index (χ4v) is 2.18. The normalized spacial score (nSPS) is 16.7. The Morgan fingerprint density at radius 1 is 1.38 bits per heavy atom. The van der Waals surface area contributed by atoms with Crippen LogP contribution in [0.25, 0.3) is 0 Å². The molecule has 0 radical (unpaired) electrons. The van der Waals surface area contributed by atoms with Crippen LogP contribution in [0, 0.1) is 21.7 Å². The standard InChI is InChI=1S/C13H14F2N2O4/c1-16-6-4-8(5-7-16)21-13(18)11-9(14)2-3-10(12(11)15)17(19)20/h2-3,8H,4-7H2,1H3. The highest BCUT2D eigenvalue weighted by Crippen LogP contribution is 2.25. The molecule has 0 bridgehead atoms. The summed E-state index contributed by atoms with van der Waals surface area (Å²) in [4.78, 5) is 23.5. The Morgan fingerprint density at radius 3 is 2.57 bits per heavy atom. The molecule has 2 rings (SSSR count). The van der Waals surface area contributed by atoms with Crippen molar-refractivity contribution in [1.82, 2.24) is 4.90 Å². The number of likely N-dealkylation sites (tertiary alicyclic amines) is 1. The van der Waals surface area contributed by atoms with Crippen LogP contribution in [0.1, 0.15) is 23.2 Å². The molecular formula is C13H14F2N2O4. The van der Waals surface area contributed by atoms with E-state index >= 15 is 0 Å². The summed E-state index contributed by atoms with van der Waals surface area (Å²) in [6.45, 7) is 1.41. The molecule has 1 aliphatic heterocycles. The zero-order valence-electron chi connectivity index (χ0n) is 11.3. The molecule has 21 heavy (non-hydrogen) atoms. The van der Waals surface area contributed by atoms with Gasteiger partial charge in [0.2, 0.25) is 5.82 Å². The van der Waals surface area contributed by atoms with Gasteiger partial charge in [0.15, 0.2) is 0 Å². The molecule has 8 heteroatoms. The van der Waals surface area contributed by atoms with Crippen molar-refractivity contribution in [2.24, 2.45) is 0 Å². The molecule has 0 unspecified atom stereocenters. The van der Waals surface area contributed by atoms with Gasteiger partial charge >= 0.3 is 11.7 Å². The lowest BCUT2D eigenvalue weighted by molar-refractivity contribution is -0.387. The van der Waals surface area contributed by atoms with Crippen LogP contribution in [0.15, 0.2) is 12.1 Å². The number of piperidine rings is 1. The molecule has 0 N–H and O–H groups in total. The average Bonchev–Trinajstić information content (AvgIpc) is 2.41. The van der Waals surface area contributed by atoms with Gasteiger partial charge in [0, 0.05) is 19.2 Å². The first-order chi connectivity index (χ1) is 9.90. The average molecular weight is 300 g/mol. The van der Waals surface area contributed by atoms with E-state index in [9.17, 15) is 23.7 Å². The predicted octanol–water partition coefficient (Wildman–Crippen LogP) is 2.12. The SMILES string of the molecule is CN1CCC(OC(=O)c2c(F)ccc([N+](=O)[O-])c2F)CC1. The molecule has 0 amide bonds. The predicted molar refractivity (Wildman–Crippen MR) is 68.9 cm³/mol. The number of nitro benzene ring substituents is 1. The van der Waals surface area contributed by atoms with Crippen molar-refractivity contribution in [2.75, 3.05) is 20.1 Å². The van der Waals surface area contributed by atoms with E-state index in [0.29, 0.717) is 38.1 Å². The second-order valence-electron chi connectivity index (χ2n) is 4.92. The van der Waals surface area contributed by atoms with Crippen LogP contribution in [0.4, 0.5) is 14.5 Å². The summed E-state index contributed by atoms with van der Waals surface area (Å²) < 4.78 is 32.5. The lowest BCUT2D eigenvalue weighted by atomic mass is 10.1. The van der Waals surface area contributed by atoms with Crippen LogP contribution >= 0.6 is 0 Å². The van der Waals surface area contributed by atoms with Crippen LogP contribution in [0.3, 0.4) is 0 Å². The van der Waals surface area contributed by atoms with Gasteiger partial charge in [-0.25, -0.2) is 9.18 Å². The van der Waals surface area contributed by atoms with Crippen molar-refractivity contribution in [1.29, 1.82) is 0 Å². The number of hydrogen-bond acceptors (Lipinski definition) is 5. The number of nitro groups is 1. The minimum absolute atomic E-state index is 0.438. The second kappa shape index (κ2) is 6.13. The Morgan fingerprint density at radius 2 is 2.00 bits per heavy atom. The number of halogens is 2. The van der Waals surface area contributed by atoms with Crippen LogP contribution in [-0.4, -0.2) is 42.0 Å². The van der Waals surface area contributed by atoms with Gasteiger partial charge < -0.3 is 9.64 Å². The third-order valence-electron chi connectivity index (χ3n) is 3.41. The topological polar surface area (TPSA) is 72.7 Å². The summed E-state index contributed by atoms with van der Waals surface area (Å²) >= 11 is 0. The Kier molecular flexibility index (Phi) is 4.46. The summed E-state index contributed by atoms with van der Waals surface area (Å²) in [5, 5.41) is 10.6. The molecule has 0 aliphatic carbocycles. The van der Waals surface area contributed by atoms with E-state index in [1.807, 2.05) is 11.9 Å². The summed E-state index contributed by atoms with van der Waals surface area (Å²) in [6.07, 6.45) is 0.674. The molecule has 0 atom stereocenters. The fraction of sp³-hybridized carbons (Fsp3) is 0.462. The van der Waals surface area contributed by atoms with Crippen molar-refractivity contribution >= 4 is 11.7 Å². The minimum Gasteiger partial charge on any atom is -0.459 e. The van der Waals surface area contributed by atoms with E-state index in [4.69, 9.17) is 4.74 Å². The van der Waals surface area contributed by atoms with Crippen molar-refractivity contribution in [3.05, 3.63) is 39.4 Å². The van der Waals surface area contributed by atoms with E-state index in [2.05, 4.69) is 0 Å². The highest BCUT2D eigenvalue weighted by Gasteiger charge is 2.29. The molecule has 0 saturated carbocycles. The quantitative estimate of drug-likeness (QED) is 0.486. The largest absolute Gasteiger partial charge is 0.459 e. The maximum atomic E-state index is 13.9. The first-order valence-corrected chi connectivity index (χ1v) is 6.42. The molecule has 6 nitrogen and oxygen atoms in total. The zero-order chi connectivity index (χ0) is 15.6. The van der Waals surface area contributed by atoms with Crippen molar-refractivity contribution in [3.63, 3.8) is 0 Å². The number of hydrogen-bond donors (Lipinski definition) is 0. The lowest BCUT2D eigenvalue weighted by Gasteiger charge is -2.28. The Labute approximate surface area is 119 Å². The molecule has 1 aliphatic rings. The third kappa shape index (κ3) is 3.33. The number of carbonyl (C=O) groups is 1. The van der Waals surface area contributed by atoms with E-state index in [1.165, 1.54) is 0 Å². The molecule has 1 aromatic carbocycles. The third-order valence-corrected chi connectivity index (χ3v) is 3.41. The van der Waals surface area contributed by atoms with Crippen LogP contribution in [0.5, 0.6) is 0 Å². The molecule has 0 aromatic heterocycles. The van der Waals surface area contributed by atoms with Gasteiger partial charge in [0.1, 0.15) is 17.5 Å². The molecule has 0 spiro atoms. The first-order valence-electron chi connectivity index (χ1n) is 6.42. The maximum Gasteiger partial charge on any atom is 0.344 e. The molecule has 114 valence electrons. The zero-order valence-corrected chi connectivity index (χ0v) is 11.3. The van der Waals surface area contributed by atoms with Gasteiger partial charge in [0.25, 0.3) is 0 Å². The van der Waals surface area contributed by atoms with Gasteiger partial charge in [-0.05, 0) is 26.0 Å². The van der Waals surface area contributed by atoms with Gasteiger partial charge in [-0.1, -0.05) is 0 Å². The minimum atomic E-state index is -1.50. The van der Waals surface area contributed by atoms with Crippen LogP contribution in [-0.2, 0) is 4.74 Å². The smallest absolute Gasteiger partial charge is 0.344 e. The van der Waals surface area contributed by atoms with Gasteiger partial charge in [-0.15, -0.1) is 0 Å². The number of esters is 1. The van der Waals surface area contributed by atoms with Crippen molar-refractivity contribution in [3.8, 4) is 0 Å². The van der Waals surface area contributed by atoms with Gasteiger partial charge in [-0.2, -0.15) is 4.39 Å². The monoisotopic (exact) mass is 300 g/mol. The van der Waals surface area contributed by atoms with Gasteiger partial charge in [-0.3, -0.25) is 10.1 Å². The lowest BCUT2D eigenvalue weighted by Crippen LogP contribution is -2.35. The van der Waals surface area contributed by atoms with E-state index in [1.54, 1.807) is 0 Å². The van der Waals surface area contributed by atoms with E-state index < -0.39 is 39.9 Å². The van der Waals surface area contributed by atoms with Crippen LogP contribution in [0.2, 0.25) is 0 Å². The number of rotatable bonds is 3.